The van der Waals surface area contributed by atoms with Crippen LogP contribution < -0.4 is 10.6 Å². The second-order valence-electron chi connectivity index (χ2n) is 3.68. The predicted octanol–water partition coefficient (Wildman–Crippen LogP) is 1.31. The van der Waals surface area contributed by atoms with Gasteiger partial charge >= 0.3 is 5.97 Å². The molecule has 0 bridgehead atoms. The van der Waals surface area contributed by atoms with E-state index in [9.17, 15) is 14.9 Å². The summed E-state index contributed by atoms with van der Waals surface area (Å²) in [5, 5.41) is 25.5. The molecule has 18 heavy (non-hydrogen) atoms. The van der Waals surface area contributed by atoms with Crippen molar-refractivity contribution >= 4 is 17.3 Å². The Bertz CT molecular complexity index is 448. The summed E-state index contributed by atoms with van der Waals surface area (Å²) < 4.78 is 0. The van der Waals surface area contributed by atoms with Gasteiger partial charge in [0.2, 0.25) is 0 Å². The monoisotopic (exact) mass is 253 g/mol. The first-order valence-corrected chi connectivity index (χ1v) is 5.46. The first-order chi connectivity index (χ1) is 8.56. The number of aromatic carboxylic acids is 1. The quantitative estimate of drug-likeness (QED) is 0.384. The molecule has 7 nitrogen and oxygen atoms in total. The van der Waals surface area contributed by atoms with Crippen molar-refractivity contribution in [2.45, 2.75) is 6.42 Å². The summed E-state index contributed by atoms with van der Waals surface area (Å²) in [6.45, 7) is 1.38. The number of carboxylic acids is 1. The summed E-state index contributed by atoms with van der Waals surface area (Å²) in [6, 6.07) is 3.82. The molecule has 0 aromatic heterocycles. The molecule has 0 saturated heterocycles. The third-order valence-corrected chi connectivity index (χ3v) is 2.36. The average molecular weight is 253 g/mol. The largest absolute Gasteiger partial charge is 0.478 e. The molecular formula is C11H15N3O4. The van der Waals surface area contributed by atoms with Crippen molar-refractivity contribution < 1.29 is 14.8 Å². The van der Waals surface area contributed by atoms with Crippen LogP contribution >= 0.6 is 0 Å². The Balaban J connectivity index is 2.83. The standard InChI is InChI=1S/C11H15N3O4/c1-12-5-2-6-13-9-4-3-8(11(15)16)7-10(9)14(17)18/h3-4,7,12-13H,2,5-6H2,1H3,(H,15,16). The molecule has 1 aromatic rings. The maximum absolute atomic E-state index is 10.8. The number of nitrogens with one attached hydrogen (secondary N) is 2. The van der Waals surface area contributed by atoms with Crippen molar-refractivity contribution in [2.24, 2.45) is 0 Å². The van der Waals surface area contributed by atoms with Gasteiger partial charge in [-0.1, -0.05) is 0 Å². The van der Waals surface area contributed by atoms with Gasteiger partial charge < -0.3 is 15.7 Å². The first-order valence-electron chi connectivity index (χ1n) is 5.46. The van der Waals surface area contributed by atoms with Gasteiger partial charge in [-0.2, -0.15) is 0 Å². The Morgan fingerprint density at radius 2 is 2.17 bits per heavy atom. The minimum absolute atomic E-state index is 0.0949. The number of nitro groups is 1. The van der Waals surface area contributed by atoms with Gasteiger partial charge in [0.05, 0.1) is 10.5 Å². The van der Waals surface area contributed by atoms with Crippen LogP contribution in [0.3, 0.4) is 0 Å². The lowest BCUT2D eigenvalue weighted by Gasteiger charge is -2.07. The first kappa shape index (κ1) is 13.9. The molecule has 0 aliphatic rings. The van der Waals surface area contributed by atoms with E-state index in [1.54, 1.807) is 0 Å². The van der Waals surface area contributed by atoms with Gasteiger partial charge in [-0.3, -0.25) is 10.1 Å². The number of hydrogen-bond donors (Lipinski definition) is 3. The fourth-order valence-corrected chi connectivity index (χ4v) is 1.45. The van der Waals surface area contributed by atoms with Crippen LogP contribution in [-0.2, 0) is 0 Å². The molecule has 0 saturated carbocycles. The molecule has 0 amide bonds. The molecule has 1 aromatic carbocycles. The van der Waals surface area contributed by atoms with Crippen LogP contribution in [0, 0.1) is 10.1 Å². The van der Waals surface area contributed by atoms with Crippen LogP contribution in [0.15, 0.2) is 18.2 Å². The molecule has 1 rings (SSSR count). The second kappa shape index (κ2) is 6.55. The molecule has 0 radical (unpaired) electrons. The predicted molar refractivity (Wildman–Crippen MR) is 67.1 cm³/mol. The minimum Gasteiger partial charge on any atom is -0.478 e. The summed E-state index contributed by atoms with van der Waals surface area (Å²) in [5.41, 5.74) is 0.0166. The van der Waals surface area contributed by atoms with E-state index in [1.165, 1.54) is 12.1 Å². The molecule has 0 spiro atoms. The van der Waals surface area contributed by atoms with Gasteiger partial charge in [0, 0.05) is 12.6 Å². The van der Waals surface area contributed by atoms with Crippen LogP contribution in [0.4, 0.5) is 11.4 Å². The Hall–Kier alpha value is -2.15. The molecule has 0 atom stereocenters. The number of rotatable bonds is 7. The Kier molecular flexibility index (Phi) is 5.06. The van der Waals surface area contributed by atoms with Crippen molar-refractivity contribution in [1.82, 2.24) is 5.32 Å². The van der Waals surface area contributed by atoms with Crippen molar-refractivity contribution in [3.63, 3.8) is 0 Å². The van der Waals surface area contributed by atoms with Gasteiger partial charge in [-0.15, -0.1) is 0 Å². The zero-order valence-corrected chi connectivity index (χ0v) is 9.97. The number of nitrogens with zero attached hydrogens (tertiary/aromatic N) is 1. The Labute approximate surface area is 104 Å². The zero-order chi connectivity index (χ0) is 13.5. The smallest absolute Gasteiger partial charge is 0.335 e. The average Bonchev–Trinajstić information content (AvgIpc) is 2.34. The lowest BCUT2D eigenvalue weighted by atomic mass is 10.1. The number of benzene rings is 1. The summed E-state index contributed by atoms with van der Waals surface area (Å²) in [4.78, 5) is 21.0. The molecule has 0 aliphatic heterocycles. The summed E-state index contributed by atoms with van der Waals surface area (Å²) in [6.07, 6.45) is 0.814. The van der Waals surface area contributed by atoms with Crippen molar-refractivity contribution in [3.05, 3.63) is 33.9 Å². The molecule has 0 aliphatic carbocycles. The summed E-state index contributed by atoms with van der Waals surface area (Å²) >= 11 is 0. The van der Waals surface area contributed by atoms with Crippen molar-refractivity contribution in [1.29, 1.82) is 0 Å². The maximum atomic E-state index is 10.8. The molecule has 0 unspecified atom stereocenters. The van der Waals surface area contributed by atoms with Crippen LogP contribution in [0.1, 0.15) is 16.8 Å². The number of nitro benzene ring substituents is 1. The van der Waals surface area contributed by atoms with Crippen LogP contribution in [0.2, 0.25) is 0 Å². The summed E-state index contributed by atoms with van der Waals surface area (Å²) in [5.74, 6) is -1.18. The van der Waals surface area contributed by atoms with Crippen LogP contribution in [-0.4, -0.2) is 36.1 Å². The number of carbonyl (C=O) groups is 1. The van der Waals surface area contributed by atoms with Crippen molar-refractivity contribution in [3.8, 4) is 0 Å². The SMILES string of the molecule is CNCCCNc1ccc(C(=O)O)cc1[N+](=O)[O-]. The highest BCUT2D eigenvalue weighted by molar-refractivity contribution is 5.89. The fourth-order valence-electron chi connectivity index (χ4n) is 1.45. The lowest BCUT2D eigenvalue weighted by Crippen LogP contribution is -2.13. The van der Waals surface area contributed by atoms with Gasteiger partial charge in [0.25, 0.3) is 5.69 Å². The van der Waals surface area contributed by atoms with E-state index in [1.807, 2.05) is 7.05 Å². The topological polar surface area (TPSA) is 104 Å². The van der Waals surface area contributed by atoms with E-state index in [-0.39, 0.29) is 11.3 Å². The molecule has 98 valence electrons. The van der Waals surface area contributed by atoms with Gasteiger partial charge in [0.15, 0.2) is 0 Å². The zero-order valence-electron chi connectivity index (χ0n) is 9.97. The Morgan fingerprint density at radius 1 is 1.44 bits per heavy atom. The fraction of sp³-hybridized carbons (Fsp3) is 0.364. The number of hydrogen-bond acceptors (Lipinski definition) is 5. The molecule has 0 heterocycles. The van der Waals surface area contributed by atoms with Gasteiger partial charge in [-0.05, 0) is 32.1 Å². The van der Waals surface area contributed by atoms with Crippen LogP contribution in [0.25, 0.3) is 0 Å². The van der Waals surface area contributed by atoms with Crippen LogP contribution in [0.5, 0.6) is 0 Å². The normalized spacial score (nSPS) is 10.1. The highest BCUT2D eigenvalue weighted by atomic mass is 16.6. The maximum Gasteiger partial charge on any atom is 0.335 e. The third-order valence-electron chi connectivity index (χ3n) is 2.36. The van der Waals surface area contributed by atoms with Gasteiger partial charge in [-0.25, -0.2) is 4.79 Å². The summed E-state index contributed by atoms with van der Waals surface area (Å²) in [7, 11) is 1.82. The highest BCUT2D eigenvalue weighted by Gasteiger charge is 2.16. The van der Waals surface area contributed by atoms with E-state index < -0.39 is 10.9 Å². The van der Waals surface area contributed by atoms with E-state index in [0.29, 0.717) is 12.2 Å². The van der Waals surface area contributed by atoms with E-state index in [4.69, 9.17) is 5.11 Å². The lowest BCUT2D eigenvalue weighted by molar-refractivity contribution is -0.384. The van der Waals surface area contributed by atoms with E-state index in [2.05, 4.69) is 10.6 Å². The van der Waals surface area contributed by atoms with E-state index in [0.717, 1.165) is 19.0 Å². The second-order valence-corrected chi connectivity index (χ2v) is 3.68. The highest BCUT2D eigenvalue weighted by Crippen LogP contribution is 2.25. The number of anilines is 1. The third kappa shape index (κ3) is 3.70. The minimum atomic E-state index is -1.18. The molecule has 7 heteroatoms. The number of carboxylic acid groups (broad SMARTS) is 1. The van der Waals surface area contributed by atoms with Crippen molar-refractivity contribution in [2.75, 3.05) is 25.5 Å². The van der Waals surface area contributed by atoms with Gasteiger partial charge in [0.1, 0.15) is 5.69 Å². The van der Waals surface area contributed by atoms with E-state index >= 15 is 0 Å². The Morgan fingerprint density at radius 3 is 2.72 bits per heavy atom. The molecule has 0 fully saturated rings. The molecule has 3 N–H and O–H groups in total. The molecular weight excluding hydrogens is 238 g/mol.